The molecule has 2 aromatic rings. The van der Waals surface area contributed by atoms with Crippen LogP contribution in [0.4, 0.5) is 4.39 Å². The lowest BCUT2D eigenvalue weighted by Crippen LogP contribution is -2.28. The van der Waals surface area contributed by atoms with Gasteiger partial charge in [0.1, 0.15) is 0 Å². The molecule has 1 amide bonds. The predicted octanol–water partition coefficient (Wildman–Crippen LogP) is 4.25. The monoisotopic (exact) mass is 347 g/mol. The SMILES string of the molecule is COc1ccc(CSCC(=O)NC(C)c2ccccc2C)cc1F. The first-order valence-corrected chi connectivity index (χ1v) is 8.91. The number of hydrogen-bond donors (Lipinski definition) is 1. The number of carbonyl (C=O) groups is 1. The number of carbonyl (C=O) groups excluding carboxylic acids is 1. The molecule has 2 rings (SSSR count). The molecule has 1 N–H and O–H groups in total. The fourth-order valence-electron chi connectivity index (χ4n) is 2.49. The quantitative estimate of drug-likeness (QED) is 0.813. The molecule has 0 aliphatic heterocycles. The third-order valence-corrected chi connectivity index (χ3v) is 4.75. The minimum Gasteiger partial charge on any atom is -0.494 e. The van der Waals surface area contributed by atoms with E-state index in [1.54, 1.807) is 6.07 Å². The molecule has 1 atom stereocenters. The summed E-state index contributed by atoms with van der Waals surface area (Å²) in [5.41, 5.74) is 3.11. The molecule has 2 aromatic carbocycles. The second-order valence-corrected chi connectivity index (χ2v) is 6.59. The van der Waals surface area contributed by atoms with Gasteiger partial charge in [-0.25, -0.2) is 4.39 Å². The molecule has 0 radical (unpaired) electrons. The van der Waals surface area contributed by atoms with E-state index >= 15 is 0 Å². The zero-order valence-corrected chi connectivity index (χ0v) is 15.0. The highest BCUT2D eigenvalue weighted by Gasteiger charge is 2.11. The van der Waals surface area contributed by atoms with E-state index in [-0.39, 0.29) is 23.5 Å². The van der Waals surface area contributed by atoms with E-state index in [4.69, 9.17) is 4.74 Å². The minimum atomic E-state index is -0.381. The Kier molecular flexibility index (Phi) is 6.67. The van der Waals surface area contributed by atoms with Crippen LogP contribution in [-0.4, -0.2) is 18.8 Å². The fourth-order valence-corrected chi connectivity index (χ4v) is 3.28. The molecule has 0 aliphatic carbocycles. The Balaban J connectivity index is 1.81. The Hall–Kier alpha value is -2.01. The Morgan fingerprint density at radius 1 is 1.29 bits per heavy atom. The van der Waals surface area contributed by atoms with E-state index in [9.17, 15) is 9.18 Å². The molecule has 3 nitrogen and oxygen atoms in total. The second-order valence-electron chi connectivity index (χ2n) is 5.61. The van der Waals surface area contributed by atoms with Crippen molar-refractivity contribution in [1.82, 2.24) is 5.32 Å². The molecule has 0 fully saturated rings. The number of nitrogens with one attached hydrogen (secondary N) is 1. The van der Waals surface area contributed by atoms with Crippen molar-refractivity contribution < 1.29 is 13.9 Å². The number of amides is 1. The summed E-state index contributed by atoms with van der Waals surface area (Å²) in [6.45, 7) is 4.01. The summed E-state index contributed by atoms with van der Waals surface area (Å²) in [7, 11) is 1.44. The lowest BCUT2D eigenvalue weighted by Gasteiger charge is -2.16. The number of methoxy groups -OCH3 is 1. The van der Waals surface area contributed by atoms with Gasteiger partial charge in [0.2, 0.25) is 5.91 Å². The summed E-state index contributed by atoms with van der Waals surface area (Å²) in [5.74, 6) is 0.739. The number of ether oxygens (including phenoxy) is 1. The number of hydrogen-bond acceptors (Lipinski definition) is 3. The molecule has 0 saturated heterocycles. The van der Waals surface area contributed by atoms with Crippen molar-refractivity contribution in [2.45, 2.75) is 25.6 Å². The van der Waals surface area contributed by atoms with Crippen LogP contribution in [0.5, 0.6) is 5.75 Å². The smallest absolute Gasteiger partial charge is 0.230 e. The highest BCUT2D eigenvalue weighted by molar-refractivity contribution is 7.99. The van der Waals surface area contributed by atoms with Crippen LogP contribution < -0.4 is 10.1 Å². The maximum Gasteiger partial charge on any atom is 0.230 e. The van der Waals surface area contributed by atoms with Gasteiger partial charge in [0, 0.05) is 5.75 Å². The standard InChI is InChI=1S/C19H22FNO2S/c1-13-6-4-5-7-16(13)14(2)21-19(22)12-24-11-15-8-9-18(23-3)17(20)10-15/h4-10,14H,11-12H2,1-3H3,(H,21,22). The van der Waals surface area contributed by atoms with Crippen molar-refractivity contribution in [2.75, 3.05) is 12.9 Å². The number of rotatable bonds is 7. The van der Waals surface area contributed by atoms with Gasteiger partial charge in [0.15, 0.2) is 11.6 Å². The molecule has 1 unspecified atom stereocenters. The molecule has 0 aliphatic rings. The Labute approximate surface area is 146 Å². The van der Waals surface area contributed by atoms with E-state index in [1.165, 1.54) is 24.9 Å². The lowest BCUT2D eigenvalue weighted by atomic mass is 10.0. The average molecular weight is 347 g/mol. The van der Waals surface area contributed by atoms with E-state index in [1.807, 2.05) is 44.2 Å². The van der Waals surface area contributed by atoms with Gasteiger partial charge in [-0.3, -0.25) is 4.79 Å². The Bertz CT molecular complexity index is 706. The molecular formula is C19H22FNO2S. The third-order valence-electron chi connectivity index (χ3n) is 3.75. The Morgan fingerprint density at radius 2 is 2.04 bits per heavy atom. The van der Waals surface area contributed by atoms with Crippen LogP contribution in [-0.2, 0) is 10.5 Å². The van der Waals surface area contributed by atoms with E-state index in [0.717, 1.165) is 16.7 Å². The minimum absolute atomic E-state index is 0.0234. The van der Waals surface area contributed by atoms with Gasteiger partial charge in [0.25, 0.3) is 0 Å². The van der Waals surface area contributed by atoms with Crippen LogP contribution >= 0.6 is 11.8 Å². The largest absolute Gasteiger partial charge is 0.494 e. The first-order valence-electron chi connectivity index (χ1n) is 7.76. The molecule has 0 bridgehead atoms. The van der Waals surface area contributed by atoms with E-state index < -0.39 is 0 Å². The molecule has 0 spiro atoms. The topological polar surface area (TPSA) is 38.3 Å². The number of aryl methyl sites for hydroxylation is 1. The van der Waals surface area contributed by atoms with Crippen molar-refractivity contribution >= 4 is 17.7 Å². The second kappa shape index (κ2) is 8.73. The molecule has 0 saturated carbocycles. The zero-order chi connectivity index (χ0) is 17.5. The average Bonchev–Trinajstić information content (AvgIpc) is 2.55. The molecule has 128 valence electrons. The van der Waals surface area contributed by atoms with Gasteiger partial charge in [-0.05, 0) is 42.7 Å². The predicted molar refractivity (Wildman–Crippen MR) is 96.9 cm³/mol. The van der Waals surface area contributed by atoms with Crippen LogP contribution in [0.25, 0.3) is 0 Å². The van der Waals surface area contributed by atoms with Gasteiger partial charge in [-0.1, -0.05) is 30.3 Å². The molecular weight excluding hydrogens is 325 g/mol. The number of halogens is 1. The lowest BCUT2D eigenvalue weighted by molar-refractivity contribution is -0.119. The van der Waals surface area contributed by atoms with Crippen molar-refractivity contribution in [3.8, 4) is 5.75 Å². The summed E-state index contributed by atoms with van der Waals surface area (Å²) < 4.78 is 18.5. The van der Waals surface area contributed by atoms with Crippen molar-refractivity contribution in [3.63, 3.8) is 0 Å². The van der Waals surface area contributed by atoms with Crippen LogP contribution in [0.2, 0.25) is 0 Å². The Morgan fingerprint density at radius 3 is 2.71 bits per heavy atom. The van der Waals surface area contributed by atoms with E-state index in [0.29, 0.717) is 11.5 Å². The van der Waals surface area contributed by atoms with Crippen LogP contribution in [0.3, 0.4) is 0 Å². The van der Waals surface area contributed by atoms with Crippen molar-refractivity contribution in [1.29, 1.82) is 0 Å². The van der Waals surface area contributed by atoms with Crippen LogP contribution in [0.15, 0.2) is 42.5 Å². The zero-order valence-electron chi connectivity index (χ0n) is 14.1. The summed E-state index contributed by atoms with van der Waals surface area (Å²) in [6.07, 6.45) is 0. The molecule has 24 heavy (non-hydrogen) atoms. The van der Waals surface area contributed by atoms with Crippen LogP contribution in [0.1, 0.15) is 29.7 Å². The van der Waals surface area contributed by atoms with Gasteiger partial charge < -0.3 is 10.1 Å². The maximum absolute atomic E-state index is 13.6. The first kappa shape index (κ1) is 18.3. The number of benzene rings is 2. The van der Waals surface area contributed by atoms with Gasteiger partial charge in [-0.2, -0.15) is 0 Å². The normalized spacial score (nSPS) is 11.8. The highest BCUT2D eigenvalue weighted by atomic mass is 32.2. The van der Waals surface area contributed by atoms with Gasteiger partial charge >= 0.3 is 0 Å². The first-order chi connectivity index (χ1) is 11.5. The summed E-state index contributed by atoms with van der Waals surface area (Å²) in [5, 5.41) is 3.00. The van der Waals surface area contributed by atoms with Crippen molar-refractivity contribution in [3.05, 3.63) is 65.0 Å². The molecule has 0 heterocycles. The highest BCUT2D eigenvalue weighted by Crippen LogP contribution is 2.21. The maximum atomic E-state index is 13.6. The third kappa shape index (κ3) is 4.99. The van der Waals surface area contributed by atoms with E-state index in [2.05, 4.69) is 5.32 Å². The summed E-state index contributed by atoms with van der Waals surface area (Å²) >= 11 is 1.46. The fraction of sp³-hybridized carbons (Fsp3) is 0.316. The summed E-state index contributed by atoms with van der Waals surface area (Å²) in [4.78, 5) is 12.1. The van der Waals surface area contributed by atoms with Gasteiger partial charge in [-0.15, -0.1) is 11.8 Å². The van der Waals surface area contributed by atoms with Crippen molar-refractivity contribution in [2.24, 2.45) is 0 Å². The molecule has 0 aromatic heterocycles. The summed E-state index contributed by atoms with van der Waals surface area (Å²) in [6, 6.07) is 12.8. The van der Waals surface area contributed by atoms with Gasteiger partial charge in [0.05, 0.1) is 18.9 Å². The molecule has 5 heteroatoms. The van der Waals surface area contributed by atoms with Crippen LogP contribution in [0, 0.1) is 12.7 Å². The number of thioether (sulfide) groups is 1.